The molecule has 0 spiro atoms. The number of sulfonamides is 1. The predicted molar refractivity (Wildman–Crippen MR) is 75.7 cm³/mol. The third-order valence-electron chi connectivity index (χ3n) is 2.82. The van der Waals surface area contributed by atoms with Crippen LogP contribution in [0.2, 0.25) is 0 Å². The van der Waals surface area contributed by atoms with Gasteiger partial charge in [0.2, 0.25) is 0 Å². The van der Waals surface area contributed by atoms with Gasteiger partial charge in [0.25, 0.3) is 10.0 Å². The molecule has 2 heterocycles. The Morgan fingerprint density at radius 2 is 2.19 bits per heavy atom. The largest absolute Gasteiger partial charge is 0.477 e. The number of carbonyl (C=O) groups is 1. The maximum absolute atomic E-state index is 12.2. The Kier molecular flexibility index (Phi) is 4.03. The normalized spacial score (nSPS) is 11.5. The fraction of sp³-hybridized carbons (Fsp3) is 0.333. The molecule has 0 radical (unpaired) electrons. The van der Waals surface area contributed by atoms with E-state index in [0.717, 1.165) is 6.07 Å². The van der Waals surface area contributed by atoms with Crippen molar-refractivity contribution in [2.45, 2.75) is 24.8 Å². The van der Waals surface area contributed by atoms with Crippen LogP contribution in [0.25, 0.3) is 0 Å². The molecule has 2 rings (SSSR count). The molecule has 114 valence electrons. The third-order valence-corrected chi connectivity index (χ3v) is 4.14. The highest BCUT2D eigenvalue weighted by Gasteiger charge is 2.21. The van der Waals surface area contributed by atoms with Crippen molar-refractivity contribution in [2.75, 3.05) is 4.72 Å². The van der Waals surface area contributed by atoms with Gasteiger partial charge >= 0.3 is 5.97 Å². The second kappa shape index (κ2) is 5.60. The van der Waals surface area contributed by atoms with Crippen LogP contribution in [0, 0.1) is 0 Å². The summed E-state index contributed by atoms with van der Waals surface area (Å²) in [6, 6.07) is 2.65. The molecule has 0 saturated heterocycles. The number of rotatable bonds is 6. The van der Waals surface area contributed by atoms with E-state index in [1.165, 1.54) is 21.5 Å². The van der Waals surface area contributed by atoms with Gasteiger partial charge in [0.1, 0.15) is 10.6 Å². The van der Waals surface area contributed by atoms with E-state index in [-0.39, 0.29) is 16.4 Å². The molecule has 21 heavy (non-hydrogen) atoms. The molecule has 0 unspecified atom stereocenters. The van der Waals surface area contributed by atoms with Crippen LogP contribution in [0.1, 0.15) is 23.8 Å². The Hall–Kier alpha value is -2.29. The molecule has 8 nitrogen and oxygen atoms in total. The maximum atomic E-state index is 12.2. The molecule has 0 aliphatic heterocycles. The molecule has 9 heteroatoms. The number of aromatic nitrogens is 3. The van der Waals surface area contributed by atoms with Crippen molar-refractivity contribution in [1.29, 1.82) is 0 Å². The molecule has 0 amide bonds. The minimum Gasteiger partial charge on any atom is -0.477 e. The molecule has 0 aliphatic carbocycles. The van der Waals surface area contributed by atoms with E-state index in [9.17, 15) is 13.2 Å². The van der Waals surface area contributed by atoms with Crippen molar-refractivity contribution in [3.63, 3.8) is 0 Å². The van der Waals surface area contributed by atoms with Gasteiger partial charge in [0.05, 0.1) is 0 Å². The van der Waals surface area contributed by atoms with Crippen LogP contribution in [0.3, 0.4) is 0 Å². The smallest absolute Gasteiger partial charge is 0.352 e. The third kappa shape index (κ3) is 3.24. The minimum absolute atomic E-state index is 0.0572. The summed E-state index contributed by atoms with van der Waals surface area (Å²) < 4.78 is 29.7. The van der Waals surface area contributed by atoms with Crippen molar-refractivity contribution < 1.29 is 18.3 Å². The zero-order valence-corrected chi connectivity index (χ0v) is 12.5. The van der Waals surface area contributed by atoms with Gasteiger partial charge < -0.3 is 9.67 Å². The highest BCUT2D eigenvalue weighted by atomic mass is 32.2. The van der Waals surface area contributed by atoms with Crippen molar-refractivity contribution in [1.82, 2.24) is 14.3 Å². The van der Waals surface area contributed by atoms with E-state index in [0.29, 0.717) is 13.0 Å². The standard InChI is InChI=1S/C12H16N4O4S/c1-3-5-16-8-9(7-10(16)12(17)18)21(19,20)14-11-4-6-15(2)13-11/h4,6-8H,3,5H2,1-2H3,(H,13,14)(H,17,18). The van der Waals surface area contributed by atoms with Gasteiger partial charge in [-0.1, -0.05) is 6.92 Å². The lowest BCUT2D eigenvalue weighted by Gasteiger charge is -2.03. The second-order valence-corrected chi connectivity index (χ2v) is 6.22. The number of aromatic carboxylic acids is 1. The number of hydrogen-bond acceptors (Lipinski definition) is 4. The molecule has 2 aromatic rings. The number of aryl methyl sites for hydroxylation is 2. The molecule has 2 N–H and O–H groups in total. The Labute approximate surface area is 122 Å². The van der Waals surface area contributed by atoms with Gasteiger partial charge in [-0.05, 0) is 12.5 Å². The van der Waals surface area contributed by atoms with E-state index in [4.69, 9.17) is 5.11 Å². The Bertz CT molecular complexity index is 760. The lowest BCUT2D eigenvalue weighted by molar-refractivity contribution is 0.0685. The molecule has 0 saturated carbocycles. The van der Waals surface area contributed by atoms with Crippen LogP contribution < -0.4 is 4.72 Å². The first-order valence-corrected chi connectivity index (χ1v) is 7.77. The van der Waals surface area contributed by atoms with Gasteiger partial charge in [-0.15, -0.1) is 0 Å². The summed E-state index contributed by atoms with van der Waals surface area (Å²) >= 11 is 0. The summed E-state index contributed by atoms with van der Waals surface area (Å²) in [7, 11) is -2.20. The van der Waals surface area contributed by atoms with Crippen LogP contribution in [0.15, 0.2) is 29.4 Å². The topological polar surface area (TPSA) is 106 Å². The predicted octanol–water partition coefficient (Wildman–Crippen LogP) is 1.13. The number of carboxylic acid groups (broad SMARTS) is 1. The van der Waals surface area contributed by atoms with E-state index in [1.807, 2.05) is 6.92 Å². The molecular formula is C12H16N4O4S. The lowest BCUT2D eigenvalue weighted by atomic mass is 10.4. The Balaban J connectivity index is 2.35. The fourth-order valence-electron chi connectivity index (χ4n) is 1.90. The average Bonchev–Trinajstić information content (AvgIpc) is 2.96. The Morgan fingerprint density at radius 3 is 2.71 bits per heavy atom. The van der Waals surface area contributed by atoms with Crippen molar-refractivity contribution in [3.8, 4) is 0 Å². The van der Waals surface area contributed by atoms with Crippen molar-refractivity contribution >= 4 is 21.8 Å². The summed E-state index contributed by atoms with van der Waals surface area (Å²) in [5.41, 5.74) is -0.0572. The van der Waals surface area contributed by atoms with Crippen molar-refractivity contribution in [2.24, 2.45) is 7.05 Å². The van der Waals surface area contributed by atoms with Crippen LogP contribution in [0.4, 0.5) is 5.82 Å². The summed E-state index contributed by atoms with van der Waals surface area (Å²) in [5, 5.41) is 13.0. The van der Waals surface area contributed by atoms with E-state index in [1.54, 1.807) is 13.2 Å². The van der Waals surface area contributed by atoms with Crippen molar-refractivity contribution in [3.05, 3.63) is 30.2 Å². The summed E-state index contributed by atoms with van der Waals surface area (Å²) in [5.74, 6) is -0.986. The molecule has 0 fully saturated rings. The molecule has 0 bridgehead atoms. The fourth-order valence-corrected chi connectivity index (χ4v) is 2.94. The zero-order chi connectivity index (χ0) is 15.6. The number of hydrogen-bond donors (Lipinski definition) is 2. The summed E-state index contributed by atoms with van der Waals surface area (Å²) in [6.07, 6.45) is 3.61. The SMILES string of the molecule is CCCn1cc(S(=O)(=O)Nc2ccn(C)n2)cc1C(=O)O. The number of carboxylic acids is 1. The number of nitrogens with zero attached hydrogens (tertiary/aromatic N) is 3. The first-order chi connectivity index (χ1) is 9.83. The summed E-state index contributed by atoms with van der Waals surface area (Å²) in [6.45, 7) is 2.31. The minimum atomic E-state index is -3.86. The quantitative estimate of drug-likeness (QED) is 0.831. The van der Waals surface area contributed by atoms with Gasteiger partial charge in [0.15, 0.2) is 5.82 Å². The monoisotopic (exact) mass is 312 g/mol. The van der Waals surface area contributed by atoms with E-state index < -0.39 is 16.0 Å². The van der Waals surface area contributed by atoms with Gasteiger partial charge in [0, 0.05) is 32.1 Å². The summed E-state index contributed by atoms with van der Waals surface area (Å²) in [4.78, 5) is 11.0. The molecule has 0 aromatic carbocycles. The highest BCUT2D eigenvalue weighted by molar-refractivity contribution is 7.92. The van der Waals surface area contributed by atoms with E-state index in [2.05, 4.69) is 9.82 Å². The number of anilines is 1. The molecule has 0 aliphatic rings. The molecule has 0 atom stereocenters. The van der Waals surface area contributed by atoms with Gasteiger partial charge in [-0.2, -0.15) is 5.10 Å². The van der Waals surface area contributed by atoms with Crippen LogP contribution >= 0.6 is 0 Å². The van der Waals surface area contributed by atoms with Crippen LogP contribution in [0.5, 0.6) is 0 Å². The molecular weight excluding hydrogens is 296 g/mol. The second-order valence-electron chi connectivity index (χ2n) is 4.54. The lowest BCUT2D eigenvalue weighted by Crippen LogP contribution is -2.13. The van der Waals surface area contributed by atoms with Gasteiger partial charge in [-0.3, -0.25) is 9.40 Å². The average molecular weight is 312 g/mol. The van der Waals surface area contributed by atoms with Crippen LogP contribution in [-0.2, 0) is 23.6 Å². The zero-order valence-electron chi connectivity index (χ0n) is 11.6. The Morgan fingerprint density at radius 1 is 1.48 bits per heavy atom. The first-order valence-electron chi connectivity index (χ1n) is 6.29. The first kappa shape index (κ1) is 15.1. The van der Waals surface area contributed by atoms with Crippen LogP contribution in [-0.4, -0.2) is 33.8 Å². The molecule has 2 aromatic heterocycles. The van der Waals surface area contributed by atoms with E-state index >= 15 is 0 Å². The number of nitrogens with one attached hydrogen (secondary N) is 1. The highest BCUT2D eigenvalue weighted by Crippen LogP contribution is 2.18. The maximum Gasteiger partial charge on any atom is 0.352 e. The van der Waals surface area contributed by atoms with Gasteiger partial charge in [-0.25, -0.2) is 13.2 Å².